The van der Waals surface area contributed by atoms with E-state index in [1.807, 2.05) is 17.7 Å². The third-order valence-electron chi connectivity index (χ3n) is 3.88. The Balaban J connectivity index is 1.89. The molecule has 3 heterocycles. The number of amides is 2. The summed E-state index contributed by atoms with van der Waals surface area (Å²) in [6.45, 7) is 3.69. The van der Waals surface area contributed by atoms with E-state index in [0.717, 1.165) is 18.4 Å². The Hall–Kier alpha value is -2.92. The first kappa shape index (κ1) is 20.8. The number of imidazole rings is 1. The quantitative estimate of drug-likeness (QED) is 0.605. The number of halogens is 1. The predicted octanol–water partition coefficient (Wildman–Crippen LogP) is 2.56. The Bertz CT molecular complexity index is 1180. The second-order valence-electron chi connectivity index (χ2n) is 6.16. The number of hydrogen-bond donors (Lipinski definition) is 2. The number of rotatable bonds is 6. The van der Waals surface area contributed by atoms with Crippen molar-refractivity contribution in [3.63, 3.8) is 0 Å². The molecule has 10 nitrogen and oxygen atoms in total. The first-order valence-electron chi connectivity index (χ1n) is 8.63. The van der Waals surface area contributed by atoms with Gasteiger partial charge in [0.15, 0.2) is 10.2 Å². The van der Waals surface area contributed by atoms with E-state index in [1.54, 1.807) is 25.3 Å². The predicted molar refractivity (Wildman–Crippen MR) is 107 cm³/mol. The van der Waals surface area contributed by atoms with Crippen LogP contribution in [-0.2, 0) is 16.4 Å². The number of nitrogens with zero attached hydrogens (tertiary/aromatic N) is 4. The van der Waals surface area contributed by atoms with Crippen LogP contribution in [0, 0.1) is 6.92 Å². The van der Waals surface area contributed by atoms with Crippen molar-refractivity contribution in [1.29, 1.82) is 0 Å². The molecule has 3 aromatic rings. The number of pyridine rings is 1. The largest absolute Gasteiger partial charge is 0.481 e. The van der Waals surface area contributed by atoms with Crippen LogP contribution in [0.2, 0.25) is 5.15 Å². The molecule has 12 heteroatoms. The minimum absolute atomic E-state index is 0.107. The van der Waals surface area contributed by atoms with Crippen LogP contribution in [-0.4, -0.2) is 40.9 Å². The van der Waals surface area contributed by atoms with E-state index in [9.17, 15) is 13.2 Å². The highest BCUT2D eigenvalue weighted by Crippen LogP contribution is 2.23. The van der Waals surface area contributed by atoms with Crippen molar-refractivity contribution in [2.75, 3.05) is 12.4 Å². The van der Waals surface area contributed by atoms with Crippen LogP contribution in [0.15, 0.2) is 29.4 Å². The van der Waals surface area contributed by atoms with E-state index in [1.165, 1.54) is 11.5 Å². The van der Waals surface area contributed by atoms with Gasteiger partial charge in [-0.3, -0.25) is 9.72 Å². The monoisotopic (exact) mass is 438 g/mol. The third-order valence-corrected chi connectivity index (χ3v) is 5.61. The molecule has 0 unspecified atom stereocenters. The van der Waals surface area contributed by atoms with Crippen molar-refractivity contribution < 1.29 is 17.9 Å². The molecule has 3 rings (SSSR count). The van der Waals surface area contributed by atoms with E-state index in [-0.39, 0.29) is 22.0 Å². The summed E-state index contributed by atoms with van der Waals surface area (Å²) in [7, 11) is -2.92. The third kappa shape index (κ3) is 4.57. The van der Waals surface area contributed by atoms with Crippen LogP contribution in [0.1, 0.15) is 24.6 Å². The van der Waals surface area contributed by atoms with Crippen LogP contribution >= 0.6 is 11.6 Å². The van der Waals surface area contributed by atoms with Gasteiger partial charge in [0.05, 0.1) is 7.11 Å². The Morgan fingerprint density at radius 2 is 2.03 bits per heavy atom. The number of aryl methyl sites for hydroxylation is 2. The molecule has 2 N–H and O–H groups in total. The average Bonchev–Trinajstić information content (AvgIpc) is 2.96. The minimum Gasteiger partial charge on any atom is -0.481 e. The molecular formula is C17H19ClN6O4S. The van der Waals surface area contributed by atoms with Gasteiger partial charge in [0.25, 0.3) is 10.0 Å². The lowest BCUT2D eigenvalue weighted by atomic mass is 10.2. The lowest BCUT2D eigenvalue weighted by molar-refractivity contribution is 0.256. The standard InChI is InChI=1S/C17H19ClN6O4S/c1-4-5-11-6-7-12-20-14(18)15(24(12)9-11)29(26,27)23-17(25)22-16-19-10(2)8-13(21-16)28-3/h6-9H,4-5H2,1-3H3,(H2,19,21,22,23,25). The second kappa shape index (κ2) is 8.21. The number of nitrogens with one attached hydrogen (secondary N) is 2. The van der Waals surface area contributed by atoms with Gasteiger partial charge in [0.2, 0.25) is 11.8 Å². The summed E-state index contributed by atoms with van der Waals surface area (Å²) in [6.07, 6.45) is 3.28. The number of carbonyl (C=O) groups is 1. The lowest BCUT2D eigenvalue weighted by Gasteiger charge is -2.09. The Morgan fingerprint density at radius 3 is 2.72 bits per heavy atom. The Labute approximate surface area is 172 Å². The van der Waals surface area contributed by atoms with Gasteiger partial charge in [-0.05, 0) is 25.0 Å². The second-order valence-corrected chi connectivity index (χ2v) is 8.11. The molecule has 0 atom stereocenters. The number of hydrogen-bond acceptors (Lipinski definition) is 7. The van der Waals surface area contributed by atoms with Gasteiger partial charge >= 0.3 is 6.03 Å². The number of aromatic nitrogens is 4. The SMILES string of the molecule is CCCc1ccc2nc(Cl)c(S(=O)(=O)NC(=O)Nc3nc(C)cc(OC)n3)n2c1. The molecular weight excluding hydrogens is 420 g/mol. The molecule has 0 saturated carbocycles. The summed E-state index contributed by atoms with van der Waals surface area (Å²) in [6, 6.07) is 4.03. The van der Waals surface area contributed by atoms with Crippen LogP contribution < -0.4 is 14.8 Å². The van der Waals surface area contributed by atoms with Crippen molar-refractivity contribution in [2.45, 2.75) is 31.7 Å². The summed E-state index contributed by atoms with van der Waals surface area (Å²) in [4.78, 5) is 24.3. The summed E-state index contributed by atoms with van der Waals surface area (Å²) in [5.41, 5.74) is 1.79. The fraction of sp³-hybridized carbons (Fsp3) is 0.294. The van der Waals surface area contributed by atoms with Gasteiger partial charge < -0.3 is 4.74 Å². The molecule has 0 radical (unpaired) electrons. The van der Waals surface area contributed by atoms with E-state index in [0.29, 0.717) is 11.3 Å². The van der Waals surface area contributed by atoms with Crippen LogP contribution in [0.5, 0.6) is 5.88 Å². The van der Waals surface area contributed by atoms with Crippen molar-refractivity contribution in [1.82, 2.24) is 24.1 Å². The Morgan fingerprint density at radius 1 is 1.28 bits per heavy atom. The van der Waals surface area contributed by atoms with E-state index < -0.39 is 16.1 Å². The number of fused-ring (bicyclic) bond motifs is 1. The first-order chi connectivity index (χ1) is 13.7. The van der Waals surface area contributed by atoms with Gasteiger partial charge in [-0.1, -0.05) is 31.0 Å². The summed E-state index contributed by atoms with van der Waals surface area (Å²) in [5.74, 6) is 0.118. The van der Waals surface area contributed by atoms with Gasteiger partial charge in [-0.2, -0.15) is 13.4 Å². The summed E-state index contributed by atoms with van der Waals surface area (Å²) >= 11 is 6.06. The maximum absolute atomic E-state index is 12.8. The highest BCUT2D eigenvalue weighted by molar-refractivity contribution is 7.90. The van der Waals surface area contributed by atoms with E-state index >= 15 is 0 Å². The van der Waals surface area contributed by atoms with Crippen molar-refractivity contribution in [3.8, 4) is 5.88 Å². The van der Waals surface area contributed by atoms with Crippen molar-refractivity contribution in [3.05, 3.63) is 40.8 Å². The molecule has 29 heavy (non-hydrogen) atoms. The van der Waals surface area contributed by atoms with Crippen molar-refractivity contribution >= 4 is 39.3 Å². The number of ether oxygens (including phenoxy) is 1. The van der Waals surface area contributed by atoms with Crippen LogP contribution in [0.4, 0.5) is 10.7 Å². The fourth-order valence-corrected chi connectivity index (χ4v) is 4.26. The van der Waals surface area contributed by atoms with Crippen molar-refractivity contribution in [2.24, 2.45) is 0 Å². The average molecular weight is 439 g/mol. The Kier molecular flexibility index (Phi) is 5.89. The van der Waals surface area contributed by atoms with Gasteiger partial charge in [0.1, 0.15) is 5.65 Å². The molecule has 154 valence electrons. The normalized spacial score (nSPS) is 11.4. The number of methoxy groups -OCH3 is 1. The highest BCUT2D eigenvalue weighted by Gasteiger charge is 2.27. The maximum Gasteiger partial charge on any atom is 0.335 e. The molecule has 2 amide bonds. The smallest absolute Gasteiger partial charge is 0.335 e. The number of urea groups is 1. The topological polar surface area (TPSA) is 128 Å². The molecule has 0 saturated heterocycles. The number of anilines is 1. The summed E-state index contributed by atoms with van der Waals surface area (Å²) in [5, 5.41) is 1.70. The molecule has 0 aliphatic carbocycles. The first-order valence-corrected chi connectivity index (χ1v) is 10.5. The molecule has 0 aliphatic heterocycles. The zero-order chi connectivity index (χ0) is 21.2. The van der Waals surface area contributed by atoms with Gasteiger partial charge in [0, 0.05) is 18.0 Å². The van der Waals surface area contributed by atoms with Gasteiger partial charge in [-0.15, -0.1) is 0 Å². The summed E-state index contributed by atoms with van der Waals surface area (Å²) < 4.78 is 33.9. The highest BCUT2D eigenvalue weighted by atomic mass is 35.5. The number of carbonyl (C=O) groups excluding carboxylic acids is 1. The van der Waals surface area contributed by atoms with E-state index in [2.05, 4.69) is 20.3 Å². The molecule has 0 bridgehead atoms. The van der Waals surface area contributed by atoms with E-state index in [4.69, 9.17) is 16.3 Å². The molecule has 0 aliphatic rings. The fourth-order valence-electron chi connectivity index (χ4n) is 2.71. The zero-order valence-corrected chi connectivity index (χ0v) is 17.5. The molecule has 0 fully saturated rings. The van der Waals surface area contributed by atoms with Crippen LogP contribution in [0.3, 0.4) is 0 Å². The van der Waals surface area contributed by atoms with Gasteiger partial charge in [-0.25, -0.2) is 19.5 Å². The number of sulfonamides is 1. The molecule has 0 spiro atoms. The molecule has 0 aromatic carbocycles. The zero-order valence-electron chi connectivity index (χ0n) is 15.9. The molecule has 3 aromatic heterocycles. The van der Waals surface area contributed by atoms with Crippen LogP contribution in [0.25, 0.3) is 5.65 Å². The maximum atomic E-state index is 12.8. The lowest BCUT2D eigenvalue weighted by Crippen LogP contribution is -2.35. The minimum atomic E-state index is -4.33.